The van der Waals surface area contributed by atoms with Crippen LogP contribution in [0, 0.1) is 0 Å². The van der Waals surface area contributed by atoms with Crippen LogP contribution in [-0.4, -0.2) is 16.1 Å². The number of nitrogens with zero attached hydrogens (tertiary/aromatic N) is 2. The van der Waals surface area contributed by atoms with Crippen molar-refractivity contribution in [2.75, 3.05) is 5.32 Å². The normalized spacial score (nSPS) is 10.6. The van der Waals surface area contributed by atoms with Crippen LogP contribution in [0.25, 0.3) is 0 Å². The third kappa shape index (κ3) is 4.57. The fourth-order valence-corrected chi connectivity index (χ4v) is 4.15. The van der Waals surface area contributed by atoms with E-state index >= 15 is 0 Å². The summed E-state index contributed by atoms with van der Waals surface area (Å²) in [5.74, 6) is 0.553. The maximum absolute atomic E-state index is 12.2. The number of nitrogens with one attached hydrogen (secondary N) is 1. The van der Waals surface area contributed by atoms with Crippen LogP contribution in [0.1, 0.15) is 15.9 Å². The van der Waals surface area contributed by atoms with Gasteiger partial charge in [-0.2, -0.15) is 0 Å². The van der Waals surface area contributed by atoms with E-state index in [1.54, 1.807) is 17.8 Å². The molecule has 0 atom stereocenters. The first-order chi connectivity index (χ1) is 11.6. The van der Waals surface area contributed by atoms with Crippen molar-refractivity contribution in [2.45, 2.75) is 10.1 Å². The molecule has 0 aliphatic rings. The van der Waals surface area contributed by atoms with E-state index < -0.39 is 0 Å². The Labute approximate surface area is 160 Å². The molecule has 1 amide bonds. The van der Waals surface area contributed by atoms with Gasteiger partial charge in [0.2, 0.25) is 5.13 Å². The van der Waals surface area contributed by atoms with Crippen molar-refractivity contribution < 1.29 is 4.79 Å². The van der Waals surface area contributed by atoms with Crippen LogP contribution in [0.15, 0.2) is 57.3 Å². The molecule has 2 aromatic carbocycles. The lowest BCUT2D eigenvalue weighted by molar-refractivity contribution is 0.102. The smallest absolute Gasteiger partial charge is 0.258 e. The summed E-state index contributed by atoms with van der Waals surface area (Å²) in [5, 5.41) is 12.1. The lowest BCUT2D eigenvalue weighted by atomic mass is 10.2. The van der Waals surface area contributed by atoms with Gasteiger partial charge in [0.15, 0.2) is 4.34 Å². The molecule has 1 aromatic heterocycles. The summed E-state index contributed by atoms with van der Waals surface area (Å²) in [6.45, 7) is 0. The molecule has 0 fully saturated rings. The van der Waals surface area contributed by atoms with E-state index in [1.807, 2.05) is 42.5 Å². The number of carbonyl (C=O) groups is 1. The minimum Gasteiger partial charge on any atom is -0.296 e. The monoisotopic (exact) mass is 439 g/mol. The number of halogens is 2. The average Bonchev–Trinajstić information content (AvgIpc) is 3.02. The maximum atomic E-state index is 12.2. The van der Waals surface area contributed by atoms with Crippen molar-refractivity contribution in [1.29, 1.82) is 0 Å². The predicted molar refractivity (Wildman–Crippen MR) is 103 cm³/mol. The molecule has 0 saturated heterocycles. The number of rotatable bonds is 5. The lowest BCUT2D eigenvalue weighted by Gasteiger charge is -2.02. The number of anilines is 1. The zero-order valence-corrected chi connectivity index (χ0v) is 16.2. The Morgan fingerprint density at radius 2 is 1.92 bits per heavy atom. The Kier molecular flexibility index (Phi) is 5.89. The van der Waals surface area contributed by atoms with Gasteiger partial charge in [0, 0.05) is 15.2 Å². The summed E-state index contributed by atoms with van der Waals surface area (Å²) in [6.07, 6.45) is 0. The highest BCUT2D eigenvalue weighted by molar-refractivity contribution is 9.10. The van der Waals surface area contributed by atoms with Crippen LogP contribution in [-0.2, 0) is 5.75 Å². The summed E-state index contributed by atoms with van der Waals surface area (Å²) in [7, 11) is 0. The van der Waals surface area contributed by atoms with Gasteiger partial charge < -0.3 is 0 Å². The van der Waals surface area contributed by atoms with Crippen molar-refractivity contribution in [2.24, 2.45) is 0 Å². The van der Waals surface area contributed by atoms with Crippen LogP contribution in [0.2, 0.25) is 5.02 Å². The first-order valence-corrected chi connectivity index (χ1v) is 9.86. The van der Waals surface area contributed by atoms with E-state index in [2.05, 4.69) is 31.4 Å². The highest BCUT2D eigenvalue weighted by Gasteiger charge is 2.12. The first kappa shape index (κ1) is 17.4. The number of hydrogen-bond acceptors (Lipinski definition) is 5. The van der Waals surface area contributed by atoms with Crippen LogP contribution >= 0.6 is 50.6 Å². The maximum Gasteiger partial charge on any atom is 0.258 e. The average molecular weight is 441 g/mol. The minimum absolute atomic E-state index is 0.215. The first-order valence-electron chi connectivity index (χ1n) is 6.88. The van der Waals surface area contributed by atoms with E-state index in [-0.39, 0.29) is 5.91 Å². The summed E-state index contributed by atoms with van der Waals surface area (Å²) < 4.78 is 1.54. The number of thioether (sulfide) groups is 1. The van der Waals surface area contributed by atoms with Crippen molar-refractivity contribution >= 4 is 61.7 Å². The summed E-state index contributed by atoms with van der Waals surface area (Å²) in [5.41, 5.74) is 1.71. The molecule has 24 heavy (non-hydrogen) atoms. The topological polar surface area (TPSA) is 54.9 Å². The lowest BCUT2D eigenvalue weighted by Crippen LogP contribution is -2.12. The molecule has 3 rings (SSSR count). The van der Waals surface area contributed by atoms with Gasteiger partial charge in [-0.3, -0.25) is 10.1 Å². The molecule has 122 valence electrons. The SMILES string of the molecule is O=C(Nc1nnc(SCc2ccc(Cl)cc2)s1)c1ccccc1Br. The van der Waals surface area contributed by atoms with Crippen molar-refractivity contribution in [1.82, 2.24) is 10.2 Å². The highest BCUT2D eigenvalue weighted by atomic mass is 79.9. The molecule has 0 aliphatic heterocycles. The van der Waals surface area contributed by atoms with Gasteiger partial charge >= 0.3 is 0 Å². The van der Waals surface area contributed by atoms with Gasteiger partial charge in [-0.1, -0.05) is 59.0 Å². The van der Waals surface area contributed by atoms with Crippen molar-refractivity contribution in [3.8, 4) is 0 Å². The van der Waals surface area contributed by atoms with Crippen molar-refractivity contribution in [3.63, 3.8) is 0 Å². The van der Waals surface area contributed by atoms with E-state index in [1.165, 1.54) is 11.3 Å². The zero-order valence-electron chi connectivity index (χ0n) is 12.2. The van der Waals surface area contributed by atoms with Gasteiger partial charge in [-0.15, -0.1) is 10.2 Å². The van der Waals surface area contributed by atoms with Gasteiger partial charge in [0.05, 0.1) is 5.56 Å². The largest absolute Gasteiger partial charge is 0.296 e. The molecule has 4 nitrogen and oxygen atoms in total. The molecular weight excluding hydrogens is 430 g/mol. The summed E-state index contributed by atoms with van der Waals surface area (Å²) >= 11 is 12.2. The highest BCUT2D eigenvalue weighted by Crippen LogP contribution is 2.29. The molecule has 1 N–H and O–H groups in total. The third-order valence-corrected chi connectivity index (χ3v) is 6.01. The van der Waals surface area contributed by atoms with Gasteiger partial charge in [-0.05, 0) is 45.8 Å². The third-order valence-electron chi connectivity index (χ3n) is 3.02. The van der Waals surface area contributed by atoms with Crippen LogP contribution in [0.5, 0.6) is 0 Å². The van der Waals surface area contributed by atoms with Gasteiger partial charge in [0.1, 0.15) is 0 Å². The van der Waals surface area contributed by atoms with Crippen molar-refractivity contribution in [3.05, 3.63) is 69.2 Å². The van der Waals surface area contributed by atoms with Gasteiger partial charge in [0.25, 0.3) is 5.91 Å². The Bertz CT molecular complexity index is 855. The number of carbonyl (C=O) groups excluding carboxylic acids is 1. The standard InChI is InChI=1S/C16H11BrClN3OS2/c17-13-4-2-1-3-12(13)14(22)19-15-20-21-16(24-15)23-9-10-5-7-11(18)8-6-10/h1-8H,9H2,(H,19,20,22). The molecule has 0 saturated carbocycles. The second-order valence-electron chi connectivity index (χ2n) is 4.72. The fraction of sp³-hybridized carbons (Fsp3) is 0.0625. The minimum atomic E-state index is -0.215. The Hall–Kier alpha value is -1.41. The van der Waals surface area contributed by atoms with E-state index in [9.17, 15) is 4.79 Å². The molecule has 0 spiro atoms. The number of benzene rings is 2. The number of amides is 1. The van der Waals surface area contributed by atoms with E-state index in [4.69, 9.17) is 11.6 Å². The molecule has 3 aromatic rings. The van der Waals surface area contributed by atoms with E-state index in [0.29, 0.717) is 10.7 Å². The Balaban J connectivity index is 1.60. The fourth-order valence-electron chi connectivity index (χ4n) is 1.85. The summed E-state index contributed by atoms with van der Waals surface area (Å²) in [6, 6.07) is 14.9. The predicted octanol–water partition coefficient (Wildman–Crippen LogP) is 5.50. The second kappa shape index (κ2) is 8.11. The van der Waals surface area contributed by atoms with Crippen LogP contribution in [0.4, 0.5) is 5.13 Å². The number of hydrogen-bond donors (Lipinski definition) is 1. The molecule has 0 bridgehead atoms. The molecule has 0 unspecified atom stereocenters. The molecule has 0 aliphatic carbocycles. The number of aromatic nitrogens is 2. The van der Waals surface area contributed by atoms with E-state index in [0.717, 1.165) is 25.2 Å². The summed E-state index contributed by atoms with van der Waals surface area (Å²) in [4.78, 5) is 12.2. The zero-order chi connectivity index (χ0) is 16.9. The van der Waals surface area contributed by atoms with Gasteiger partial charge in [-0.25, -0.2) is 0 Å². The van der Waals surface area contributed by atoms with Crippen LogP contribution in [0.3, 0.4) is 0 Å². The molecule has 1 heterocycles. The van der Waals surface area contributed by atoms with Crippen LogP contribution < -0.4 is 5.32 Å². The Morgan fingerprint density at radius 1 is 1.17 bits per heavy atom. The molecule has 0 radical (unpaired) electrons. The molecule has 8 heteroatoms. The molecular formula is C16H11BrClN3OS2. The quantitative estimate of drug-likeness (QED) is 0.420. The Morgan fingerprint density at radius 3 is 2.67 bits per heavy atom. The second-order valence-corrected chi connectivity index (χ2v) is 8.21.